The topological polar surface area (TPSA) is 356 Å². The van der Waals surface area contributed by atoms with Gasteiger partial charge in [-0.15, -0.1) is 0 Å². The Bertz CT molecular complexity index is 1080. The molecule has 3 aliphatic heterocycles. The van der Waals surface area contributed by atoms with Gasteiger partial charge in [0.2, 0.25) is 6.29 Å². The van der Waals surface area contributed by atoms with Gasteiger partial charge >= 0.3 is 0 Å². The van der Waals surface area contributed by atoms with Crippen LogP contribution in [0.25, 0.3) is 0 Å². The molecule has 18 atom stereocenters. The zero-order chi connectivity index (χ0) is 35.4. The molecule has 3 heterocycles. The molecule has 4 rings (SSSR count). The van der Waals surface area contributed by atoms with E-state index in [0.29, 0.717) is 18.6 Å². The second kappa shape index (κ2) is 17.0. The standard InChI is InChI=1S/C28H52N6O14/c1-2-14-19(39)20(40)16(33)27(44-14)47-23-15(8-35)45-28(21(23)41)48-24-17(37)12(34-25(42)18(38)13(36)7-30)5-11(32)22(24)46-26-10(31)4-3-9(6-29)43-26/h3,10-24,26-28,35-41H,2,4-8,29-33H2,1H3,(H,34,42)/t10-,11+,12-,13-,14+,15-,16-,17+,18-,19-,20-,21-,22-,23-,24-,26-,27-,28+/m1/s1. The Labute approximate surface area is 277 Å². The molecule has 1 aliphatic carbocycles. The van der Waals surface area contributed by atoms with Gasteiger partial charge < -0.3 is 98.2 Å². The second-order valence-electron chi connectivity index (χ2n) is 12.5. The van der Waals surface area contributed by atoms with Crippen molar-refractivity contribution in [1.82, 2.24) is 5.32 Å². The van der Waals surface area contributed by atoms with E-state index in [1.165, 1.54) is 0 Å². The number of amides is 1. The molecule has 0 aromatic carbocycles. The molecule has 0 spiro atoms. The molecule has 0 aromatic rings. The number of hydrogen-bond acceptors (Lipinski definition) is 19. The maximum atomic E-state index is 12.7. The first-order valence-electron chi connectivity index (χ1n) is 16.1. The van der Waals surface area contributed by atoms with Gasteiger partial charge in [-0.05, 0) is 25.3 Å². The van der Waals surface area contributed by atoms with Crippen LogP contribution in [0.2, 0.25) is 0 Å². The van der Waals surface area contributed by atoms with E-state index in [9.17, 15) is 40.5 Å². The van der Waals surface area contributed by atoms with Crippen molar-refractivity contribution >= 4 is 5.91 Å². The minimum absolute atomic E-state index is 0.0618. The van der Waals surface area contributed by atoms with Crippen molar-refractivity contribution in [3.8, 4) is 0 Å². The van der Waals surface area contributed by atoms with E-state index in [1.807, 2.05) is 0 Å². The monoisotopic (exact) mass is 696 g/mol. The summed E-state index contributed by atoms with van der Waals surface area (Å²) < 4.78 is 35.4. The lowest BCUT2D eigenvalue weighted by molar-refractivity contribution is -0.284. The zero-order valence-corrected chi connectivity index (χ0v) is 26.6. The highest BCUT2D eigenvalue weighted by Crippen LogP contribution is 2.34. The van der Waals surface area contributed by atoms with Crippen LogP contribution in [0.1, 0.15) is 26.2 Å². The summed E-state index contributed by atoms with van der Waals surface area (Å²) in [5.74, 6) is -0.627. The molecule has 0 radical (unpaired) electrons. The smallest absolute Gasteiger partial charge is 0.251 e. The van der Waals surface area contributed by atoms with Crippen molar-refractivity contribution in [1.29, 1.82) is 0 Å². The first-order chi connectivity index (χ1) is 22.8. The Balaban J connectivity index is 1.56. The summed E-state index contributed by atoms with van der Waals surface area (Å²) in [5, 5.41) is 76.1. The number of nitrogens with two attached hydrogens (primary N) is 5. The van der Waals surface area contributed by atoms with Crippen LogP contribution >= 0.6 is 0 Å². The number of ether oxygens (including phenoxy) is 6. The minimum Gasteiger partial charge on any atom is -0.467 e. The third-order valence-electron chi connectivity index (χ3n) is 9.15. The molecule has 20 nitrogen and oxygen atoms in total. The first-order valence-corrected chi connectivity index (χ1v) is 16.1. The average molecular weight is 697 g/mol. The summed E-state index contributed by atoms with van der Waals surface area (Å²) in [6, 6.07) is -4.03. The van der Waals surface area contributed by atoms with Crippen molar-refractivity contribution in [3.05, 3.63) is 11.8 Å². The molecule has 0 unspecified atom stereocenters. The molecule has 4 aliphatic rings. The fourth-order valence-corrected chi connectivity index (χ4v) is 6.22. The van der Waals surface area contributed by atoms with Crippen LogP contribution < -0.4 is 34.0 Å². The largest absolute Gasteiger partial charge is 0.467 e. The van der Waals surface area contributed by atoms with Gasteiger partial charge in [0.25, 0.3) is 5.91 Å². The summed E-state index contributed by atoms with van der Waals surface area (Å²) in [6.45, 7) is 0.700. The van der Waals surface area contributed by atoms with Crippen LogP contribution in [0.3, 0.4) is 0 Å². The number of rotatable bonds is 13. The van der Waals surface area contributed by atoms with E-state index in [4.69, 9.17) is 57.1 Å². The fourth-order valence-electron chi connectivity index (χ4n) is 6.22. The molecule has 0 bridgehead atoms. The SMILES string of the molecule is CC[C@@H]1O[C@H](O[C@H]2[C@@H](O)[C@H](O[C@@H]3[C@@H](O)[C@H](NC(=O)[C@H](O)[C@H](O)CN)C[C@H](N)[C@H]3O[C@H]3OC(CN)=CC[C@H]3N)O[C@@H]2CO)[C@H](N)[C@@H](O)[C@@H]1O. The van der Waals surface area contributed by atoms with Crippen molar-refractivity contribution in [2.45, 2.75) is 136 Å². The lowest BCUT2D eigenvalue weighted by Gasteiger charge is -2.46. The third-order valence-corrected chi connectivity index (χ3v) is 9.15. The Morgan fingerprint density at radius 2 is 1.54 bits per heavy atom. The van der Waals surface area contributed by atoms with Gasteiger partial charge in [-0.25, -0.2) is 0 Å². The maximum Gasteiger partial charge on any atom is 0.251 e. The van der Waals surface area contributed by atoms with E-state index in [1.54, 1.807) is 13.0 Å². The Morgan fingerprint density at radius 3 is 2.17 bits per heavy atom. The van der Waals surface area contributed by atoms with Crippen molar-refractivity contribution in [2.75, 3.05) is 19.7 Å². The first kappa shape index (κ1) is 39.1. The number of hydrogen-bond donors (Lipinski definition) is 13. The van der Waals surface area contributed by atoms with Crippen LogP contribution in [0.15, 0.2) is 11.8 Å². The fraction of sp³-hybridized carbons (Fsp3) is 0.893. The van der Waals surface area contributed by atoms with Crippen LogP contribution in [-0.2, 0) is 33.2 Å². The van der Waals surface area contributed by atoms with Gasteiger partial charge in [0, 0.05) is 12.6 Å². The normalized spacial score (nSPS) is 44.8. The van der Waals surface area contributed by atoms with E-state index in [2.05, 4.69) is 5.32 Å². The quantitative estimate of drug-likeness (QED) is 0.0850. The predicted octanol–water partition coefficient (Wildman–Crippen LogP) is -7.42. The van der Waals surface area contributed by atoms with E-state index in [-0.39, 0.29) is 13.0 Å². The molecule has 48 heavy (non-hydrogen) atoms. The number of nitrogens with one attached hydrogen (secondary N) is 1. The van der Waals surface area contributed by atoms with Crippen LogP contribution in [0.5, 0.6) is 0 Å². The number of carbonyl (C=O) groups excluding carboxylic acids is 1. The lowest BCUT2D eigenvalue weighted by atomic mass is 9.83. The minimum atomic E-state index is -1.91. The molecule has 0 aromatic heterocycles. The Hall–Kier alpha value is -1.67. The van der Waals surface area contributed by atoms with Gasteiger partial charge in [0.15, 0.2) is 18.7 Å². The van der Waals surface area contributed by atoms with Crippen molar-refractivity contribution in [3.63, 3.8) is 0 Å². The van der Waals surface area contributed by atoms with Crippen molar-refractivity contribution < 1.29 is 69.0 Å². The molecule has 20 heteroatoms. The van der Waals surface area contributed by atoms with Gasteiger partial charge in [0.1, 0.15) is 60.7 Å². The van der Waals surface area contributed by atoms with Gasteiger partial charge in [0.05, 0.1) is 37.4 Å². The Kier molecular flexibility index (Phi) is 13.9. The molecule has 3 fully saturated rings. The van der Waals surface area contributed by atoms with Crippen LogP contribution in [0.4, 0.5) is 0 Å². The molecule has 1 amide bonds. The number of carbonyl (C=O) groups is 1. The highest BCUT2D eigenvalue weighted by Gasteiger charge is 2.54. The number of aliphatic hydroxyl groups excluding tert-OH is 7. The highest BCUT2D eigenvalue weighted by atomic mass is 16.8. The van der Waals surface area contributed by atoms with E-state index < -0.39 is 129 Å². The average Bonchev–Trinajstić information content (AvgIpc) is 3.37. The molecule has 278 valence electrons. The third kappa shape index (κ3) is 8.44. The maximum absolute atomic E-state index is 12.7. The summed E-state index contributed by atoms with van der Waals surface area (Å²) >= 11 is 0. The molecular formula is C28H52N6O14. The predicted molar refractivity (Wildman–Crippen MR) is 162 cm³/mol. The lowest BCUT2D eigenvalue weighted by Crippen LogP contribution is -2.67. The molecule has 1 saturated carbocycles. The highest BCUT2D eigenvalue weighted by molar-refractivity contribution is 5.81. The summed E-state index contributed by atoms with van der Waals surface area (Å²) in [5.41, 5.74) is 29.8. The van der Waals surface area contributed by atoms with Crippen molar-refractivity contribution in [2.24, 2.45) is 28.7 Å². The molecular weight excluding hydrogens is 644 g/mol. The summed E-state index contributed by atoms with van der Waals surface area (Å²) in [6.07, 6.45) is -17.2. The van der Waals surface area contributed by atoms with Gasteiger partial charge in [-0.3, -0.25) is 4.79 Å². The van der Waals surface area contributed by atoms with Crippen LogP contribution in [0, 0.1) is 0 Å². The number of aliphatic hydroxyl groups is 7. The van der Waals surface area contributed by atoms with Crippen LogP contribution in [-0.4, -0.2) is 172 Å². The second-order valence-corrected chi connectivity index (χ2v) is 12.5. The summed E-state index contributed by atoms with van der Waals surface area (Å²) in [7, 11) is 0. The van der Waals surface area contributed by atoms with E-state index in [0.717, 1.165) is 0 Å². The Morgan fingerprint density at radius 1 is 0.896 bits per heavy atom. The van der Waals surface area contributed by atoms with Gasteiger partial charge in [-0.1, -0.05) is 6.92 Å². The molecule has 2 saturated heterocycles. The molecule has 18 N–H and O–H groups in total. The van der Waals surface area contributed by atoms with Gasteiger partial charge in [-0.2, -0.15) is 0 Å². The zero-order valence-electron chi connectivity index (χ0n) is 26.6. The van der Waals surface area contributed by atoms with E-state index >= 15 is 0 Å². The summed E-state index contributed by atoms with van der Waals surface area (Å²) in [4.78, 5) is 12.7.